The van der Waals surface area contributed by atoms with Crippen molar-refractivity contribution in [3.8, 4) is 0 Å². The maximum absolute atomic E-state index is 10.8. The van der Waals surface area contributed by atoms with Crippen molar-refractivity contribution in [2.75, 3.05) is 0 Å². The van der Waals surface area contributed by atoms with Crippen LogP contribution in [0, 0.1) is 5.41 Å². The van der Waals surface area contributed by atoms with E-state index in [-0.39, 0.29) is 5.41 Å². The third-order valence-electron chi connectivity index (χ3n) is 3.87. The molecule has 0 aromatic carbocycles. The highest BCUT2D eigenvalue weighted by Gasteiger charge is 2.49. The molecule has 2 atom stereocenters. The Morgan fingerprint density at radius 1 is 1.12 bits per heavy atom. The quantitative estimate of drug-likeness (QED) is 0.580. The maximum atomic E-state index is 10.8. The van der Waals surface area contributed by atoms with Crippen molar-refractivity contribution in [3.05, 3.63) is 25.3 Å². The van der Waals surface area contributed by atoms with Crippen LogP contribution in [0.4, 0.5) is 0 Å². The van der Waals surface area contributed by atoms with Gasteiger partial charge in [-0.25, -0.2) is 0 Å². The summed E-state index contributed by atoms with van der Waals surface area (Å²) in [6.07, 6.45) is 7.97. The van der Waals surface area contributed by atoms with E-state index in [4.69, 9.17) is 0 Å². The van der Waals surface area contributed by atoms with Gasteiger partial charge in [0, 0.05) is 13.5 Å². The summed E-state index contributed by atoms with van der Waals surface area (Å²) in [5.74, 6) is 0. The molecule has 1 aliphatic carbocycles. The topological polar surface area (TPSA) is 20.2 Å². The predicted molar refractivity (Wildman–Crippen MR) is 74.4 cm³/mol. The lowest BCUT2D eigenvalue weighted by Gasteiger charge is -2.50. The summed E-state index contributed by atoms with van der Waals surface area (Å²) < 4.78 is 0. The fourth-order valence-electron chi connectivity index (χ4n) is 3.14. The van der Waals surface area contributed by atoms with E-state index in [1.54, 1.807) is 6.08 Å². The van der Waals surface area contributed by atoms with E-state index < -0.39 is 13.7 Å². The highest BCUT2D eigenvalue weighted by molar-refractivity contribution is 6.76. The standard InChI is InChI=1S/C14H26OSi/c1-6-13(12-16(3,4)5)10-8-9-11-14(13,15)7-2/h6-7,15H,1-2,8-12H2,3-5H3. The van der Waals surface area contributed by atoms with Gasteiger partial charge in [-0.3, -0.25) is 0 Å². The van der Waals surface area contributed by atoms with E-state index in [1.165, 1.54) is 6.42 Å². The largest absolute Gasteiger partial charge is 0.385 e. The first-order valence-corrected chi connectivity index (χ1v) is 9.99. The first-order valence-electron chi connectivity index (χ1n) is 6.28. The van der Waals surface area contributed by atoms with E-state index in [2.05, 4.69) is 32.8 Å². The predicted octanol–water partition coefficient (Wildman–Crippen LogP) is 3.99. The molecule has 1 fully saturated rings. The summed E-state index contributed by atoms with van der Waals surface area (Å²) in [7, 11) is -1.22. The monoisotopic (exact) mass is 238 g/mol. The lowest BCUT2D eigenvalue weighted by Crippen LogP contribution is -2.51. The molecular formula is C14H26OSi. The van der Waals surface area contributed by atoms with Crippen molar-refractivity contribution in [2.45, 2.75) is 57.0 Å². The molecule has 1 rings (SSSR count). The molecule has 0 spiro atoms. The van der Waals surface area contributed by atoms with Crippen molar-refractivity contribution < 1.29 is 5.11 Å². The van der Waals surface area contributed by atoms with Gasteiger partial charge < -0.3 is 5.11 Å². The minimum absolute atomic E-state index is 0.128. The summed E-state index contributed by atoms with van der Waals surface area (Å²) in [5, 5.41) is 10.8. The number of hydrogen-bond donors (Lipinski definition) is 1. The molecule has 0 heterocycles. The molecule has 1 saturated carbocycles. The normalized spacial score (nSPS) is 35.8. The molecule has 0 aromatic heterocycles. The molecule has 16 heavy (non-hydrogen) atoms. The Balaban J connectivity index is 3.07. The van der Waals surface area contributed by atoms with Crippen molar-refractivity contribution >= 4 is 8.07 Å². The van der Waals surface area contributed by atoms with Gasteiger partial charge in [-0.15, -0.1) is 13.2 Å². The molecule has 0 amide bonds. The molecule has 0 bridgehead atoms. The van der Waals surface area contributed by atoms with Crippen LogP contribution in [0.5, 0.6) is 0 Å². The van der Waals surface area contributed by atoms with Crippen molar-refractivity contribution in [3.63, 3.8) is 0 Å². The molecular weight excluding hydrogens is 212 g/mol. The third kappa shape index (κ3) is 2.49. The molecule has 0 radical (unpaired) electrons. The summed E-state index contributed by atoms with van der Waals surface area (Å²) in [5.41, 5.74) is -0.856. The fourth-order valence-corrected chi connectivity index (χ4v) is 5.66. The highest BCUT2D eigenvalue weighted by atomic mass is 28.3. The van der Waals surface area contributed by atoms with Gasteiger partial charge >= 0.3 is 0 Å². The van der Waals surface area contributed by atoms with Crippen molar-refractivity contribution in [1.29, 1.82) is 0 Å². The number of hydrogen-bond acceptors (Lipinski definition) is 1. The molecule has 1 N–H and O–H groups in total. The van der Waals surface area contributed by atoms with Crippen LogP contribution in [0.25, 0.3) is 0 Å². The van der Waals surface area contributed by atoms with Crippen LogP contribution in [-0.2, 0) is 0 Å². The van der Waals surface area contributed by atoms with Gasteiger partial charge in [0.2, 0.25) is 0 Å². The van der Waals surface area contributed by atoms with E-state index in [0.717, 1.165) is 25.3 Å². The molecule has 0 saturated heterocycles. The first kappa shape index (κ1) is 13.7. The van der Waals surface area contributed by atoms with Gasteiger partial charge in [0.25, 0.3) is 0 Å². The molecule has 2 unspecified atom stereocenters. The lowest BCUT2D eigenvalue weighted by molar-refractivity contribution is -0.0394. The van der Waals surface area contributed by atoms with Gasteiger partial charge in [0.1, 0.15) is 0 Å². The summed E-state index contributed by atoms with van der Waals surface area (Å²) in [4.78, 5) is 0. The Labute approximate surface area is 101 Å². The van der Waals surface area contributed by atoms with E-state index in [9.17, 15) is 5.11 Å². The van der Waals surface area contributed by atoms with Gasteiger partial charge in [-0.2, -0.15) is 0 Å². The van der Waals surface area contributed by atoms with Gasteiger partial charge in [-0.1, -0.05) is 44.6 Å². The molecule has 0 aromatic rings. The van der Waals surface area contributed by atoms with Crippen LogP contribution >= 0.6 is 0 Å². The van der Waals surface area contributed by atoms with Gasteiger partial charge in [-0.05, 0) is 18.9 Å². The van der Waals surface area contributed by atoms with Crippen LogP contribution in [0.2, 0.25) is 25.7 Å². The third-order valence-corrected chi connectivity index (χ3v) is 5.56. The second-order valence-corrected chi connectivity index (χ2v) is 11.9. The average Bonchev–Trinajstić information content (AvgIpc) is 2.20. The summed E-state index contributed by atoms with van der Waals surface area (Å²) >= 11 is 0. The molecule has 92 valence electrons. The molecule has 1 aliphatic rings. The maximum Gasteiger partial charge on any atom is 0.0912 e. The Morgan fingerprint density at radius 3 is 2.12 bits per heavy atom. The minimum Gasteiger partial charge on any atom is -0.385 e. The van der Waals surface area contributed by atoms with Crippen LogP contribution in [0.15, 0.2) is 25.3 Å². The second kappa shape index (κ2) is 4.50. The number of rotatable bonds is 4. The van der Waals surface area contributed by atoms with Crippen LogP contribution in [-0.4, -0.2) is 18.8 Å². The minimum atomic E-state index is -1.22. The van der Waals surface area contributed by atoms with Crippen LogP contribution in [0.3, 0.4) is 0 Å². The zero-order valence-corrected chi connectivity index (χ0v) is 12.1. The Morgan fingerprint density at radius 2 is 1.69 bits per heavy atom. The lowest BCUT2D eigenvalue weighted by atomic mass is 9.64. The van der Waals surface area contributed by atoms with Crippen molar-refractivity contribution in [1.82, 2.24) is 0 Å². The van der Waals surface area contributed by atoms with Crippen LogP contribution in [0.1, 0.15) is 25.7 Å². The van der Waals surface area contributed by atoms with Crippen molar-refractivity contribution in [2.24, 2.45) is 5.41 Å². The zero-order chi connectivity index (χ0) is 12.4. The smallest absolute Gasteiger partial charge is 0.0912 e. The number of aliphatic hydroxyl groups is 1. The molecule has 1 nitrogen and oxygen atoms in total. The molecule has 0 aliphatic heterocycles. The SMILES string of the molecule is C=CC1(O)CCCCC1(C=C)C[Si](C)(C)C. The first-order chi connectivity index (χ1) is 7.29. The summed E-state index contributed by atoms with van der Waals surface area (Å²) in [6, 6.07) is 1.10. The molecule has 2 heteroatoms. The Kier molecular flexibility index (Phi) is 3.86. The van der Waals surface area contributed by atoms with E-state index >= 15 is 0 Å². The second-order valence-electron chi connectivity index (χ2n) is 6.43. The van der Waals surface area contributed by atoms with Gasteiger partial charge in [0.15, 0.2) is 0 Å². The van der Waals surface area contributed by atoms with E-state index in [0.29, 0.717) is 0 Å². The van der Waals surface area contributed by atoms with Crippen LogP contribution < -0.4 is 0 Å². The Hall–Kier alpha value is -0.343. The summed E-state index contributed by atoms with van der Waals surface area (Å²) in [6.45, 7) is 14.9. The highest BCUT2D eigenvalue weighted by Crippen LogP contribution is 2.50. The van der Waals surface area contributed by atoms with E-state index in [1.807, 2.05) is 6.08 Å². The zero-order valence-electron chi connectivity index (χ0n) is 11.1. The van der Waals surface area contributed by atoms with Gasteiger partial charge in [0.05, 0.1) is 5.60 Å². The fraction of sp³-hybridized carbons (Fsp3) is 0.714. The average molecular weight is 238 g/mol. The Bertz CT molecular complexity index is 279.